The van der Waals surface area contributed by atoms with Crippen LogP contribution in [0.25, 0.3) is 0 Å². The number of nitrogens with one attached hydrogen (secondary N) is 1. The summed E-state index contributed by atoms with van der Waals surface area (Å²) in [5.74, 6) is 0.752. The number of carbonyl (C=O) groups excluding carboxylic acids is 1. The van der Waals surface area contributed by atoms with Crippen LogP contribution in [-0.2, 0) is 21.2 Å². The zero-order valence-corrected chi connectivity index (χ0v) is 13.3. The minimum absolute atomic E-state index is 0.0855. The minimum Gasteiger partial charge on any atom is -0.329 e. The number of anilines is 1. The lowest BCUT2D eigenvalue weighted by atomic mass is 10.1. The number of hydrogen-bond acceptors (Lipinski definition) is 4. The van der Waals surface area contributed by atoms with Crippen LogP contribution in [0.1, 0.15) is 32.3 Å². The lowest BCUT2D eigenvalue weighted by Crippen LogP contribution is -2.15. The molecule has 0 atom stereocenters. The second-order valence-corrected chi connectivity index (χ2v) is 7.11. The number of nitrogens with two attached hydrogens (primary N) is 1. The first-order chi connectivity index (χ1) is 9.43. The number of carbonyl (C=O) groups is 1. The van der Waals surface area contributed by atoms with Gasteiger partial charge in [-0.25, -0.2) is 13.6 Å². The summed E-state index contributed by atoms with van der Waals surface area (Å²) in [6, 6.07) is 3.23. The van der Waals surface area contributed by atoms with E-state index in [1.807, 2.05) is 13.0 Å². The van der Waals surface area contributed by atoms with Crippen LogP contribution in [-0.4, -0.2) is 20.6 Å². The fraction of sp³-hybridized carbons (Fsp3) is 0.462. The van der Waals surface area contributed by atoms with Gasteiger partial charge in [-0.05, 0) is 36.3 Å². The minimum atomic E-state index is -3.82. The maximum Gasteiger partial charge on any atom is 0.239 e. The van der Waals surface area contributed by atoms with Crippen molar-refractivity contribution in [3.63, 3.8) is 0 Å². The molecule has 0 aromatic heterocycles. The number of hydrogen-bond donors (Lipinski definition) is 2. The van der Waals surface area contributed by atoms with E-state index in [1.165, 1.54) is 17.8 Å². The number of amides is 1. The number of benzene rings is 1. The van der Waals surface area contributed by atoms with Gasteiger partial charge in [0.05, 0.1) is 4.90 Å². The summed E-state index contributed by atoms with van der Waals surface area (Å²) in [5, 5.41) is 7.79. The van der Waals surface area contributed by atoms with Gasteiger partial charge in [-0.1, -0.05) is 20.3 Å². The Morgan fingerprint density at radius 2 is 2.05 bits per heavy atom. The van der Waals surface area contributed by atoms with Gasteiger partial charge in [0.25, 0.3) is 0 Å². The molecule has 0 aliphatic rings. The number of unbranched alkanes of at least 4 members (excludes halogenated alkanes) is 1. The van der Waals surface area contributed by atoms with Crippen molar-refractivity contribution in [2.45, 2.75) is 42.9 Å². The zero-order chi connectivity index (χ0) is 15.2. The molecule has 0 aliphatic carbocycles. The molecule has 0 unspecified atom stereocenters. The van der Waals surface area contributed by atoms with E-state index >= 15 is 0 Å². The van der Waals surface area contributed by atoms with Gasteiger partial charge in [0.15, 0.2) is 0 Å². The Labute approximate surface area is 124 Å². The molecule has 1 aromatic carbocycles. The van der Waals surface area contributed by atoms with E-state index < -0.39 is 10.0 Å². The summed E-state index contributed by atoms with van der Waals surface area (Å²) in [6.45, 7) is 4.03. The van der Waals surface area contributed by atoms with Crippen molar-refractivity contribution in [2.24, 2.45) is 5.14 Å². The third-order valence-electron chi connectivity index (χ3n) is 2.75. The van der Waals surface area contributed by atoms with Gasteiger partial charge in [0.1, 0.15) is 0 Å². The van der Waals surface area contributed by atoms with Crippen molar-refractivity contribution in [3.8, 4) is 0 Å². The SMILES string of the molecule is CCCCc1cc(NC=O)cc(S(N)(=O)=O)c1SCC. The van der Waals surface area contributed by atoms with Gasteiger partial charge in [0, 0.05) is 10.6 Å². The van der Waals surface area contributed by atoms with Crippen molar-refractivity contribution in [2.75, 3.05) is 11.1 Å². The van der Waals surface area contributed by atoms with Crippen LogP contribution in [0, 0.1) is 0 Å². The molecule has 0 aliphatic heterocycles. The average Bonchev–Trinajstić information content (AvgIpc) is 2.37. The van der Waals surface area contributed by atoms with E-state index in [2.05, 4.69) is 12.2 Å². The van der Waals surface area contributed by atoms with Gasteiger partial charge in [-0.2, -0.15) is 0 Å². The molecule has 3 N–H and O–H groups in total. The van der Waals surface area contributed by atoms with Crippen molar-refractivity contribution in [3.05, 3.63) is 17.7 Å². The van der Waals surface area contributed by atoms with Crippen LogP contribution in [0.15, 0.2) is 21.9 Å². The summed E-state index contributed by atoms with van der Waals surface area (Å²) in [6.07, 6.45) is 3.24. The van der Waals surface area contributed by atoms with Crippen LogP contribution in [0.3, 0.4) is 0 Å². The van der Waals surface area contributed by atoms with Crippen LogP contribution >= 0.6 is 11.8 Å². The Kier molecular flexibility index (Phi) is 6.51. The molecular weight excluding hydrogens is 296 g/mol. The van der Waals surface area contributed by atoms with Crippen molar-refractivity contribution < 1.29 is 13.2 Å². The number of primary sulfonamides is 1. The van der Waals surface area contributed by atoms with Gasteiger partial charge in [0.2, 0.25) is 16.4 Å². The molecule has 0 radical (unpaired) electrons. The highest BCUT2D eigenvalue weighted by Crippen LogP contribution is 2.33. The topological polar surface area (TPSA) is 89.3 Å². The second kappa shape index (κ2) is 7.66. The van der Waals surface area contributed by atoms with Crippen LogP contribution in [0.5, 0.6) is 0 Å². The molecule has 7 heteroatoms. The maximum atomic E-state index is 11.8. The van der Waals surface area contributed by atoms with Crippen molar-refractivity contribution >= 4 is 33.9 Å². The fourth-order valence-electron chi connectivity index (χ4n) is 1.88. The predicted octanol–water partition coefficient (Wildman–Crippen LogP) is 2.36. The van der Waals surface area contributed by atoms with Gasteiger partial charge in [-0.3, -0.25) is 4.79 Å². The summed E-state index contributed by atoms with van der Waals surface area (Å²) >= 11 is 1.46. The number of aryl methyl sites for hydroxylation is 1. The molecule has 20 heavy (non-hydrogen) atoms. The quantitative estimate of drug-likeness (QED) is 0.569. The molecule has 5 nitrogen and oxygen atoms in total. The fourth-order valence-corrected chi connectivity index (χ4v) is 3.93. The van der Waals surface area contributed by atoms with Gasteiger partial charge >= 0.3 is 0 Å². The molecule has 1 amide bonds. The summed E-state index contributed by atoms with van der Waals surface area (Å²) < 4.78 is 23.5. The first-order valence-electron chi connectivity index (χ1n) is 6.46. The molecule has 1 aromatic rings. The number of thioether (sulfide) groups is 1. The molecular formula is C13H20N2O3S2. The summed E-state index contributed by atoms with van der Waals surface area (Å²) in [4.78, 5) is 11.4. The van der Waals surface area contributed by atoms with E-state index in [0.717, 1.165) is 30.6 Å². The Hall–Kier alpha value is -1.05. The third kappa shape index (κ3) is 4.50. The molecule has 112 valence electrons. The normalized spacial score (nSPS) is 11.3. The Morgan fingerprint density at radius 1 is 1.35 bits per heavy atom. The van der Waals surface area contributed by atoms with Crippen molar-refractivity contribution in [1.82, 2.24) is 0 Å². The first-order valence-corrected chi connectivity index (χ1v) is 8.99. The summed E-state index contributed by atoms with van der Waals surface area (Å²) in [7, 11) is -3.82. The standard InChI is InChI=1S/C13H20N2O3S2/c1-3-5-6-10-7-11(15-9-16)8-12(20(14,17)18)13(10)19-4-2/h7-9H,3-6H2,1-2H3,(H,15,16)(H2,14,17,18). The average molecular weight is 316 g/mol. The van der Waals surface area contributed by atoms with E-state index in [-0.39, 0.29) is 4.90 Å². The van der Waals surface area contributed by atoms with E-state index in [4.69, 9.17) is 5.14 Å². The highest BCUT2D eigenvalue weighted by atomic mass is 32.2. The molecule has 0 fully saturated rings. The smallest absolute Gasteiger partial charge is 0.239 e. The summed E-state index contributed by atoms with van der Waals surface area (Å²) in [5.41, 5.74) is 1.37. The van der Waals surface area contributed by atoms with E-state index in [0.29, 0.717) is 17.0 Å². The first kappa shape index (κ1) is 17.0. The monoisotopic (exact) mass is 316 g/mol. The molecule has 0 spiro atoms. The zero-order valence-electron chi connectivity index (χ0n) is 11.7. The molecule has 0 bridgehead atoms. The molecule has 1 rings (SSSR count). The molecule has 0 heterocycles. The Balaban J connectivity index is 3.43. The Morgan fingerprint density at radius 3 is 2.55 bits per heavy atom. The number of sulfonamides is 1. The highest BCUT2D eigenvalue weighted by molar-refractivity contribution is 8.00. The van der Waals surface area contributed by atoms with Crippen LogP contribution in [0.4, 0.5) is 5.69 Å². The number of rotatable bonds is 8. The lowest BCUT2D eigenvalue weighted by Gasteiger charge is -2.15. The molecule has 0 saturated heterocycles. The van der Waals surface area contributed by atoms with Gasteiger partial charge in [-0.15, -0.1) is 11.8 Å². The van der Waals surface area contributed by atoms with Crippen molar-refractivity contribution in [1.29, 1.82) is 0 Å². The van der Waals surface area contributed by atoms with Crippen LogP contribution in [0.2, 0.25) is 0 Å². The largest absolute Gasteiger partial charge is 0.329 e. The molecule has 0 saturated carbocycles. The second-order valence-electron chi connectivity index (χ2n) is 4.31. The van der Waals surface area contributed by atoms with E-state index in [9.17, 15) is 13.2 Å². The predicted molar refractivity (Wildman–Crippen MR) is 82.5 cm³/mol. The highest BCUT2D eigenvalue weighted by Gasteiger charge is 2.19. The maximum absolute atomic E-state index is 11.8. The Bertz CT molecular complexity index is 571. The third-order valence-corrected chi connectivity index (χ3v) is 4.88. The van der Waals surface area contributed by atoms with Crippen LogP contribution < -0.4 is 10.5 Å². The van der Waals surface area contributed by atoms with E-state index in [1.54, 1.807) is 0 Å². The van der Waals surface area contributed by atoms with Gasteiger partial charge < -0.3 is 5.32 Å². The lowest BCUT2D eigenvalue weighted by molar-refractivity contribution is -0.105.